The lowest BCUT2D eigenvalue weighted by Gasteiger charge is -2.18. The molecule has 2 aromatic rings. The van der Waals surface area contributed by atoms with Crippen molar-refractivity contribution in [1.29, 1.82) is 0 Å². The number of ether oxygens (including phenoxy) is 1. The molecule has 1 atom stereocenters. The normalized spacial score (nSPS) is 12.4. The first-order valence-corrected chi connectivity index (χ1v) is 8.42. The van der Waals surface area contributed by atoms with Gasteiger partial charge in [-0.2, -0.15) is 0 Å². The number of thiophene rings is 1. The Bertz CT molecular complexity index is 567. The number of nitrogens with one attached hydrogen (secondary N) is 1. The van der Waals surface area contributed by atoms with E-state index in [4.69, 9.17) is 4.74 Å². The Balaban J connectivity index is 2.13. The van der Waals surface area contributed by atoms with Crippen molar-refractivity contribution in [2.75, 3.05) is 6.54 Å². The van der Waals surface area contributed by atoms with Gasteiger partial charge in [0.2, 0.25) is 0 Å². The van der Waals surface area contributed by atoms with E-state index in [2.05, 4.69) is 72.3 Å². The molecular formula is C16H20BrNOS. The lowest BCUT2D eigenvalue weighted by molar-refractivity contribution is 0.303. The van der Waals surface area contributed by atoms with E-state index in [1.165, 1.54) is 16.0 Å². The molecule has 0 aliphatic heterocycles. The molecule has 1 aromatic heterocycles. The Morgan fingerprint density at radius 3 is 2.75 bits per heavy atom. The number of halogens is 1. The van der Waals surface area contributed by atoms with Crippen molar-refractivity contribution in [2.45, 2.75) is 33.4 Å². The monoisotopic (exact) mass is 353 g/mol. The van der Waals surface area contributed by atoms with Crippen molar-refractivity contribution in [3.8, 4) is 5.75 Å². The molecule has 108 valence electrons. The van der Waals surface area contributed by atoms with Crippen LogP contribution in [0.1, 0.15) is 35.9 Å². The minimum absolute atomic E-state index is 0.296. The highest BCUT2D eigenvalue weighted by molar-refractivity contribution is 9.11. The minimum atomic E-state index is 0.296. The van der Waals surface area contributed by atoms with Gasteiger partial charge in [-0.1, -0.05) is 24.6 Å². The zero-order valence-electron chi connectivity index (χ0n) is 12.1. The van der Waals surface area contributed by atoms with Crippen LogP contribution in [0.25, 0.3) is 0 Å². The van der Waals surface area contributed by atoms with Crippen LogP contribution in [0.3, 0.4) is 0 Å². The van der Waals surface area contributed by atoms with Gasteiger partial charge >= 0.3 is 0 Å². The third-order valence-electron chi connectivity index (χ3n) is 3.14. The zero-order valence-corrected chi connectivity index (χ0v) is 14.5. The molecule has 2 rings (SSSR count). The van der Waals surface area contributed by atoms with Gasteiger partial charge in [-0.05, 0) is 54.5 Å². The van der Waals surface area contributed by atoms with Crippen molar-refractivity contribution in [3.63, 3.8) is 0 Å². The van der Waals surface area contributed by atoms with Crippen LogP contribution in [0.2, 0.25) is 0 Å². The van der Waals surface area contributed by atoms with Gasteiger partial charge in [0.05, 0.1) is 3.79 Å². The molecule has 0 saturated carbocycles. The Morgan fingerprint density at radius 2 is 2.10 bits per heavy atom. The summed E-state index contributed by atoms with van der Waals surface area (Å²) >= 11 is 5.19. The van der Waals surface area contributed by atoms with E-state index >= 15 is 0 Å². The van der Waals surface area contributed by atoms with Crippen LogP contribution in [0, 0.1) is 6.92 Å². The second-order valence-electron chi connectivity index (χ2n) is 4.82. The highest BCUT2D eigenvalue weighted by Gasteiger charge is 2.11. The quantitative estimate of drug-likeness (QED) is 0.782. The maximum atomic E-state index is 6.01. The van der Waals surface area contributed by atoms with Crippen molar-refractivity contribution < 1.29 is 4.74 Å². The molecule has 0 saturated heterocycles. The summed E-state index contributed by atoms with van der Waals surface area (Å²) in [5.74, 6) is 0.966. The lowest BCUT2D eigenvalue weighted by atomic mass is 10.0. The van der Waals surface area contributed by atoms with Crippen LogP contribution in [0.15, 0.2) is 34.1 Å². The van der Waals surface area contributed by atoms with Crippen LogP contribution in [0.5, 0.6) is 5.75 Å². The summed E-state index contributed by atoms with van der Waals surface area (Å²) in [6.45, 7) is 7.97. The van der Waals surface area contributed by atoms with Crippen molar-refractivity contribution >= 4 is 27.3 Å². The fourth-order valence-corrected chi connectivity index (χ4v) is 3.53. The summed E-state index contributed by atoms with van der Waals surface area (Å²) in [7, 11) is 0. The van der Waals surface area contributed by atoms with E-state index < -0.39 is 0 Å². The van der Waals surface area contributed by atoms with E-state index in [1.54, 1.807) is 11.3 Å². The largest absolute Gasteiger partial charge is 0.488 e. The van der Waals surface area contributed by atoms with Gasteiger partial charge in [0.15, 0.2) is 0 Å². The van der Waals surface area contributed by atoms with Crippen molar-refractivity contribution in [1.82, 2.24) is 5.32 Å². The van der Waals surface area contributed by atoms with E-state index in [1.807, 2.05) is 0 Å². The first-order valence-electron chi connectivity index (χ1n) is 6.81. The molecule has 4 heteroatoms. The second kappa shape index (κ2) is 7.25. The number of rotatable bonds is 6. The van der Waals surface area contributed by atoms with Crippen molar-refractivity contribution in [2.24, 2.45) is 0 Å². The Kier molecular flexibility index (Phi) is 5.64. The predicted molar refractivity (Wildman–Crippen MR) is 89.6 cm³/mol. The van der Waals surface area contributed by atoms with Crippen LogP contribution >= 0.6 is 27.3 Å². The van der Waals surface area contributed by atoms with E-state index in [0.717, 1.165) is 16.1 Å². The van der Waals surface area contributed by atoms with Crippen LogP contribution < -0.4 is 10.1 Å². The van der Waals surface area contributed by atoms with Crippen LogP contribution in [0.4, 0.5) is 0 Å². The number of benzene rings is 1. The first kappa shape index (κ1) is 15.5. The molecule has 20 heavy (non-hydrogen) atoms. The first-order chi connectivity index (χ1) is 9.60. The predicted octanol–water partition coefficient (Wildman–Crippen LogP) is 5.07. The Hall–Kier alpha value is -0.840. The summed E-state index contributed by atoms with van der Waals surface area (Å²) in [6, 6.07) is 10.8. The molecular weight excluding hydrogens is 334 g/mol. The van der Waals surface area contributed by atoms with Gasteiger partial charge in [-0.3, -0.25) is 0 Å². The standard InChI is InChI=1S/C16H20BrNOS/c1-4-18-12(3)14-9-11(2)5-7-15(14)19-10-13-6-8-16(17)20-13/h5-9,12,18H,4,10H2,1-3H3. The topological polar surface area (TPSA) is 21.3 Å². The molecule has 1 aromatic carbocycles. The summed E-state index contributed by atoms with van der Waals surface area (Å²) in [4.78, 5) is 1.22. The SMILES string of the molecule is CCNC(C)c1cc(C)ccc1OCc1ccc(Br)s1. The Morgan fingerprint density at radius 1 is 1.30 bits per heavy atom. The summed E-state index contributed by atoms with van der Waals surface area (Å²) < 4.78 is 7.15. The van der Waals surface area contributed by atoms with Gasteiger partial charge in [-0.25, -0.2) is 0 Å². The molecule has 0 radical (unpaired) electrons. The fourth-order valence-electron chi connectivity index (χ4n) is 2.13. The van der Waals surface area contributed by atoms with Gasteiger partial charge in [0.1, 0.15) is 12.4 Å². The van der Waals surface area contributed by atoms with Gasteiger partial charge in [-0.15, -0.1) is 11.3 Å². The molecule has 0 aliphatic rings. The molecule has 2 nitrogen and oxygen atoms in total. The molecule has 0 spiro atoms. The van der Waals surface area contributed by atoms with Crippen molar-refractivity contribution in [3.05, 3.63) is 50.1 Å². The fraction of sp³-hybridized carbons (Fsp3) is 0.375. The number of hydrogen-bond donors (Lipinski definition) is 1. The lowest BCUT2D eigenvalue weighted by Crippen LogP contribution is -2.18. The average Bonchev–Trinajstić information content (AvgIpc) is 2.83. The smallest absolute Gasteiger partial charge is 0.124 e. The third-order valence-corrected chi connectivity index (χ3v) is 4.74. The van der Waals surface area contributed by atoms with Crippen LogP contribution in [-0.2, 0) is 6.61 Å². The minimum Gasteiger partial charge on any atom is -0.488 e. The summed E-state index contributed by atoms with van der Waals surface area (Å²) in [6.07, 6.45) is 0. The molecule has 0 amide bonds. The third kappa shape index (κ3) is 4.08. The zero-order chi connectivity index (χ0) is 14.5. The molecule has 1 heterocycles. The van der Waals surface area contributed by atoms with Gasteiger partial charge in [0, 0.05) is 16.5 Å². The summed E-state index contributed by atoms with van der Waals surface area (Å²) in [5.41, 5.74) is 2.48. The summed E-state index contributed by atoms with van der Waals surface area (Å²) in [5, 5.41) is 3.45. The van der Waals surface area contributed by atoms with Gasteiger partial charge in [0.25, 0.3) is 0 Å². The maximum Gasteiger partial charge on any atom is 0.124 e. The molecule has 0 bridgehead atoms. The number of aryl methyl sites for hydroxylation is 1. The number of hydrogen-bond acceptors (Lipinski definition) is 3. The van der Waals surface area contributed by atoms with E-state index in [0.29, 0.717) is 12.6 Å². The van der Waals surface area contributed by atoms with Crippen LogP contribution in [-0.4, -0.2) is 6.54 Å². The van der Waals surface area contributed by atoms with E-state index in [9.17, 15) is 0 Å². The Labute approximate surface area is 133 Å². The van der Waals surface area contributed by atoms with Gasteiger partial charge < -0.3 is 10.1 Å². The van der Waals surface area contributed by atoms with E-state index in [-0.39, 0.29) is 0 Å². The highest BCUT2D eigenvalue weighted by Crippen LogP contribution is 2.29. The average molecular weight is 354 g/mol. The second-order valence-corrected chi connectivity index (χ2v) is 7.36. The molecule has 0 fully saturated rings. The molecule has 0 aliphatic carbocycles. The maximum absolute atomic E-state index is 6.01. The molecule has 1 unspecified atom stereocenters. The molecule has 1 N–H and O–H groups in total. The highest BCUT2D eigenvalue weighted by atomic mass is 79.9.